The van der Waals surface area contributed by atoms with Gasteiger partial charge in [0, 0.05) is 5.56 Å². The second-order valence-corrected chi connectivity index (χ2v) is 13.2. The van der Waals surface area contributed by atoms with E-state index >= 15 is 0 Å². The minimum Gasteiger partial charge on any atom is -0.467 e. The predicted octanol–water partition coefficient (Wildman–Crippen LogP) is 3.80. The van der Waals surface area contributed by atoms with Crippen LogP contribution in [0.3, 0.4) is 0 Å². The van der Waals surface area contributed by atoms with Crippen LogP contribution in [0.25, 0.3) is 0 Å². The van der Waals surface area contributed by atoms with Crippen LogP contribution in [0.2, 0.25) is 19.6 Å². The molecule has 25 heavy (non-hydrogen) atoms. The second-order valence-electron chi connectivity index (χ2n) is 8.20. The molecule has 0 saturated carbocycles. The van der Waals surface area contributed by atoms with Gasteiger partial charge in [-0.05, 0) is 37.8 Å². The summed E-state index contributed by atoms with van der Waals surface area (Å²) < 4.78 is 5.12. The maximum atomic E-state index is 13.3. The van der Waals surface area contributed by atoms with E-state index in [1.165, 1.54) is 12.7 Å². The van der Waals surface area contributed by atoms with Gasteiger partial charge >= 0.3 is 5.97 Å². The lowest BCUT2D eigenvalue weighted by Crippen LogP contribution is -2.59. The van der Waals surface area contributed by atoms with Gasteiger partial charge < -0.3 is 9.64 Å². The summed E-state index contributed by atoms with van der Waals surface area (Å²) in [5, 5.41) is 0. The molecule has 0 aromatic heterocycles. The summed E-state index contributed by atoms with van der Waals surface area (Å²) in [6.45, 7) is 6.92. The van der Waals surface area contributed by atoms with Crippen molar-refractivity contribution in [3.63, 3.8) is 0 Å². The van der Waals surface area contributed by atoms with Crippen molar-refractivity contribution in [1.29, 1.82) is 0 Å². The Balaban J connectivity index is 2.05. The molecule has 1 amide bonds. The summed E-state index contributed by atoms with van der Waals surface area (Å²) in [4.78, 5) is 27.8. The monoisotopic (exact) mass is 357 g/mol. The molecular formula is C20H27NO3Si. The summed E-state index contributed by atoms with van der Waals surface area (Å²) in [7, 11) is 0.0158. The molecule has 2 bridgehead atoms. The van der Waals surface area contributed by atoms with Gasteiger partial charge in [-0.3, -0.25) is 4.79 Å². The van der Waals surface area contributed by atoms with Crippen LogP contribution in [0.15, 0.2) is 41.6 Å². The standard InChI is InChI=1S/C20H27NO3Si/c1-24-19(23)20-12-10-16(14-25(2,3)4)17(11-13-20)21(20)18(22)15-8-6-5-7-9-15/h5-9,14,17H,10-13H2,1-4H3/b16-14+/t17-,20-/m0/s1. The first-order valence-corrected chi connectivity index (χ1v) is 12.5. The molecule has 0 N–H and O–H groups in total. The van der Waals surface area contributed by atoms with E-state index in [0.29, 0.717) is 18.4 Å². The first-order chi connectivity index (χ1) is 11.8. The van der Waals surface area contributed by atoms with Gasteiger partial charge in [0.2, 0.25) is 0 Å². The van der Waals surface area contributed by atoms with E-state index in [2.05, 4.69) is 25.3 Å². The number of benzene rings is 1. The van der Waals surface area contributed by atoms with Crippen molar-refractivity contribution in [2.75, 3.05) is 7.11 Å². The van der Waals surface area contributed by atoms with Crippen LogP contribution < -0.4 is 0 Å². The molecule has 2 saturated heterocycles. The molecule has 1 aromatic rings. The van der Waals surface area contributed by atoms with Crippen LogP contribution in [0, 0.1) is 0 Å². The zero-order valence-corrected chi connectivity index (χ0v) is 16.5. The molecule has 3 rings (SSSR count). The van der Waals surface area contributed by atoms with Crippen LogP contribution in [0.5, 0.6) is 0 Å². The minimum absolute atomic E-state index is 0.0206. The van der Waals surface area contributed by atoms with Crippen LogP contribution in [0.1, 0.15) is 36.0 Å². The SMILES string of the molecule is COC(=O)[C@]12CC/C(=C\[Si](C)(C)C)[C@H](CC1)N2C(=O)c1ccccc1. The molecular weight excluding hydrogens is 330 g/mol. The summed E-state index contributed by atoms with van der Waals surface area (Å²) in [6, 6.07) is 9.29. The number of hydrogen-bond donors (Lipinski definition) is 0. The summed E-state index contributed by atoms with van der Waals surface area (Å²) in [5.41, 5.74) is 3.58. The summed E-state index contributed by atoms with van der Waals surface area (Å²) in [6.07, 6.45) is 3.06. The van der Waals surface area contributed by atoms with Crippen LogP contribution in [-0.2, 0) is 9.53 Å². The Morgan fingerprint density at radius 2 is 1.88 bits per heavy atom. The highest BCUT2D eigenvalue weighted by Crippen LogP contribution is 2.48. The van der Waals surface area contributed by atoms with Gasteiger partial charge in [0.25, 0.3) is 5.91 Å². The topological polar surface area (TPSA) is 46.6 Å². The number of carbonyl (C=O) groups excluding carboxylic acids is 2. The minimum atomic E-state index is -1.40. The number of fused-ring (bicyclic) bond motifs is 2. The van der Waals surface area contributed by atoms with Crippen molar-refractivity contribution in [2.45, 2.75) is 56.9 Å². The van der Waals surface area contributed by atoms with E-state index in [0.717, 1.165) is 12.8 Å². The first-order valence-electron chi connectivity index (χ1n) is 8.97. The number of ether oxygens (including phenoxy) is 1. The second kappa shape index (κ2) is 6.45. The Morgan fingerprint density at radius 3 is 2.48 bits per heavy atom. The van der Waals surface area contributed by atoms with Crippen molar-refractivity contribution < 1.29 is 14.3 Å². The number of methoxy groups -OCH3 is 1. The number of piperidine rings is 1. The van der Waals surface area contributed by atoms with Gasteiger partial charge in [-0.2, -0.15) is 0 Å². The Kier molecular flexibility index (Phi) is 4.62. The van der Waals surface area contributed by atoms with E-state index in [4.69, 9.17) is 4.74 Å². The van der Waals surface area contributed by atoms with Crippen molar-refractivity contribution >= 4 is 20.0 Å². The highest BCUT2D eigenvalue weighted by Gasteiger charge is 2.58. The zero-order chi connectivity index (χ0) is 18.2. The largest absolute Gasteiger partial charge is 0.467 e. The van der Waals surface area contributed by atoms with Gasteiger partial charge in [0.05, 0.1) is 21.2 Å². The number of amides is 1. The lowest BCUT2D eigenvalue weighted by molar-refractivity contribution is -0.153. The third-order valence-corrected chi connectivity index (χ3v) is 6.52. The van der Waals surface area contributed by atoms with E-state index in [1.807, 2.05) is 35.2 Å². The van der Waals surface area contributed by atoms with Crippen molar-refractivity contribution in [3.05, 3.63) is 47.2 Å². The van der Waals surface area contributed by atoms with E-state index < -0.39 is 13.6 Å². The Bertz CT molecular complexity index is 707. The number of rotatable bonds is 3. The molecule has 134 valence electrons. The van der Waals surface area contributed by atoms with Gasteiger partial charge in [-0.25, -0.2) is 4.79 Å². The lowest BCUT2D eigenvalue weighted by atomic mass is 9.86. The van der Waals surface area contributed by atoms with Crippen LogP contribution >= 0.6 is 0 Å². The average molecular weight is 358 g/mol. The highest BCUT2D eigenvalue weighted by atomic mass is 28.3. The molecule has 2 aliphatic rings. The van der Waals surface area contributed by atoms with Gasteiger partial charge in [-0.1, -0.05) is 49.1 Å². The van der Waals surface area contributed by atoms with E-state index in [-0.39, 0.29) is 17.9 Å². The molecule has 1 aromatic carbocycles. The molecule has 2 fully saturated rings. The van der Waals surface area contributed by atoms with Crippen molar-refractivity contribution in [3.8, 4) is 0 Å². The third kappa shape index (κ3) is 3.17. The Labute approximate surface area is 150 Å². The smallest absolute Gasteiger partial charge is 0.331 e. The number of hydrogen-bond acceptors (Lipinski definition) is 3. The zero-order valence-electron chi connectivity index (χ0n) is 15.5. The molecule has 0 unspecified atom stereocenters. The fraction of sp³-hybridized carbons (Fsp3) is 0.500. The average Bonchev–Trinajstić information content (AvgIpc) is 2.88. The Morgan fingerprint density at radius 1 is 1.20 bits per heavy atom. The molecule has 2 aliphatic heterocycles. The molecule has 4 nitrogen and oxygen atoms in total. The first kappa shape index (κ1) is 17.9. The fourth-order valence-electron chi connectivity index (χ4n) is 4.31. The third-order valence-electron chi connectivity index (χ3n) is 5.28. The maximum absolute atomic E-state index is 13.3. The predicted molar refractivity (Wildman–Crippen MR) is 101 cm³/mol. The lowest BCUT2D eigenvalue weighted by Gasteiger charge is -2.44. The van der Waals surface area contributed by atoms with E-state index in [9.17, 15) is 9.59 Å². The van der Waals surface area contributed by atoms with Gasteiger partial charge in [0.1, 0.15) is 5.54 Å². The molecule has 0 radical (unpaired) electrons. The summed E-state index contributed by atoms with van der Waals surface area (Å²) >= 11 is 0. The van der Waals surface area contributed by atoms with Crippen LogP contribution in [-0.4, -0.2) is 43.5 Å². The van der Waals surface area contributed by atoms with Crippen LogP contribution in [0.4, 0.5) is 0 Å². The van der Waals surface area contributed by atoms with Crippen molar-refractivity contribution in [1.82, 2.24) is 4.90 Å². The fourth-order valence-corrected chi connectivity index (χ4v) is 5.76. The van der Waals surface area contributed by atoms with Crippen molar-refractivity contribution in [2.24, 2.45) is 0 Å². The normalized spacial score (nSPS) is 27.4. The molecule has 2 heterocycles. The van der Waals surface area contributed by atoms with Gasteiger partial charge in [-0.15, -0.1) is 0 Å². The van der Waals surface area contributed by atoms with E-state index in [1.54, 1.807) is 0 Å². The molecule has 5 heteroatoms. The quantitative estimate of drug-likeness (QED) is 0.610. The molecule has 2 atom stereocenters. The van der Waals surface area contributed by atoms with Gasteiger partial charge in [0.15, 0.2) is 0 Å². The molecule has 0 spiro atoms. The Hall–Kier alpha value is -1.88. The molecule has 0 aliphatic carbocycles. The number of nitrogens with zero attached hydrogens (tertiary/aromatic N) is 1. The summed E-state index contributed by atoms with van der Waals surface area (Å²) in [5.74, 6) is -0.332. The maximum Gasteiger partial charge on any atom is 0.331 e. The number of esters is 1. The number of carbonyl (C=O) groups is 2. The highest BCUT2D eigenvalue weighted by molar-refractivity contribution is 6.81.